The third-order valence-electron chi connectivity index (χ3n) is 2.18. The summed E-state index contributed by atoms with van der Waals surface area (Å²) in [6.07, 6.45) is 4.74. The summed E-state index contributed by atoms with van der Waals surface area (Å²) in [5.74, 6) is -0.228. The van der Waals surface area contributed by atoms with E-state index in [1.165, 1.54) is 6.08 Å². The van der Waals surface area contributed by atoms with Gasteiger partial charge in [-0.2, -0.15) is 0 Å². The second-order valence-corrected chi connectivity index (χ2v) is 3.04. The minimum Gasteiger partial charge on any atom is -0.263 e. The van der Waals surface area contributed by atoms with Gasteiger partial charge in [0.2, 0.25) is 0 Å². The zero-order valence-electron chi connectivity index (χ0n) is 7.87. The Kier molecular flexibility index (Phi) is 2.27. The first kappa shape index (κ1) is 8.88. The quantitative estimate of drug-likeness (QED) is 0.665. The number of benzene rings is 1. The number of rotatable bonds is 1. The number of halogens is 1. The molecule has 0 atom stereocenters. The third-order valence-corrected chi connectivity index (χ3v) is 2.18. The number of nitrogens with zero attached hydrogens (tertiary/aromatic N) is 1. The van der Waals surface area contributed by atoms with Crippen molar-refractivity contribution < 1.29 is 4.39 Å². The first-order chi connectivity index (χ1) is 6.83. The zero-order valence-corrected chi connectivity index (χ0v) is 7.87. The lowest BCUT2D eigenvalue weighted by Crippen LogP contribution is -1.84. The predicted octanol–water partition coefficient (Wildman–Crippen LogP) is 3.57. The lowest BCUT2D eigenvalue weighted by atomic mass is 10.1. The highest BCUT2D eigenvalue weighted by atomic mass is 19.1. The number of aromatic nitrogens is 1. The summed E-state index contributed by atoms with van der Waals surface area (Å²) in [5, 5.41) is 1.86. The fourth-order valence-electron chi connectivity index (χ4n) is 1.46. The molecule has 1 heterocycles. The van der Waals surface area contributed by atoms with Crippen molar-refractivity contribution in [2.45, 2.75) is 6.92 Å². The molecule has 0 spiro atoms. The van der Waals surface area contributed by atoms with Crippen LogP contribution in [0.25, 0.3) is 16.6 Å². The number of fused-ring (bicyclic) bond motifs is 1. The molecular weight excluding hydrogens is 177 g/mol. The predicted molar refractivity (Wildman–Crippen MR) is 56.5 cm³/mol. The van der Waals surface area contributed by atoms with Crippen LogP contribution in [0.4, 0.5) is 4.39 Å². The van der Waals surface area contributed by atoms with E-state index in [0.717, 1.165) is 10.8 Å². The molecule has 0 amide bonds. The summed E-state index contributed by atoms with van der Waals surface area (Å²) in [5.41, 5.74) is 0.561. The van der Waals surface area contributed by atoms with Gasteiger partial charge in [0.15, 0.2) is 0 Å². The smallest absolute Gasteiger partial charge is 0.128 e. The number of hydrogen-bond acceptors (Lipinski definition) is 1. The molecule has 14 heavy (non-hydrogen) atoms. The molecular formula is C12H10FN. The van der Waals surface area contributed by atoms with E-state index in [9.17, 15) is 4.39 Å². The van der Waals surface area contributed by atoms with Crippen LogP contribution in [0.1, 0.15) is 12.5 Å². The molecule has 2 heteroatoms. The summed E-state index contributed by atoms with van der Waals surface area (Å²) in [6.45, 7) is 1.68. The maximum absolute atomic E-state index is 13.4. The van der Waals surface area contributed by atoms with Gasteiger partial charge in [-0.1, -0.05) is 30.3 Å². The van der Waals surface area contributed by atoms with E-state index in [1.54, 1.807) is 19.3 Å². The van der Waals surface area contributed by atoms with Crippen LogP contribution in [0.3, 0.4) is 0 Å². The van der Waals surface area contributed by atoms with Crippen LogP contribution in [-0.4, -0.2) is 4.98 Å². The summed E-state index contributed by atoms with van der Waals surface area (Å²) >= 11 is 0. The normalized spacial score (nSPS) is 12.0. The largest absolute Gasteiger partial charge is 0.263 e. The minimum atomic E-state index is -0.228. The molecule has 2 aromatic rings. The van der Waals surface area contributed by atoms with E-state index in [1.807, 2.05) is 24.3 Å². The van der Waals surface area contributed by atoms with Crippen molar-refractivity contribution in [2.75, 3.05) is 0 Å². The molecule has 0 unspecified atom stereocenters. The zero-order chi connectivity index (χ0) is 9.97. The Labute approximate surface area is 81.9 Å². The Morgan fingerprint density at radius 1 is 1.29 bits per heavy atom. The molecule has 1 aromatic carbocycles. The van der Waals surface area contributed by atoms with Crippen molar-refractivity contribution in [1.29, 1.82) is 0 Å². The SMILES string of the molecule is C/C=C(/F)c1cncc2ccccc12. The fourth-order valence-corrected chi connectivity index (χ4v) is 1.46. The summed E-state index contributed by atoms with van der Waals surface area (Å²) in [4.78, 5) is 4.00. The number of allylic oxidation sites excluding steroid dienone is 1. The van der Waals surface area contributed by atoms with Crippen molar-refractivity contribution in [2.24, 2.45) is 0 Å². The molecule has 0 saturated carbocycles. The minimum absolute atomic E-state index is 0.228. The highest BCUT2D eigenvalue weighted by Crippen LogP contribution is 2.24. The van der Waals surface area contributed by atoms with Gasteiger partial charge in [-0.25, -0.2) is 4.39 Å². The monoisotopic (exact) mass is 187 g/mol. The van der Waals surface area contributed by atoms with Crippen molar-refractivity contribution in [3.8, 4) is 0 Å². The van der Waals surface area contributed by atoms with Gasteiger partial charge < -0.3 is 0 Å². The Morgan fingerprint density at radius 2 is 2.07 bits per heavy atom. The van der Waals surface area contributed by atoms with E-state index in [-0.39, 0.29) is 5.83 Å². The Morgan fingerprint density at radius 3 is 2.86 bits per heavy atom. The average molecular weight is 187 g/mol. The van der Waals surface area contributed by atoms with Crippen LogP contribution in [0.2, 0.25) is 0 Å². The molecule has 1 nitrogen and oxygen atoms in total. The molecule has 0 bridgehead atoms. The summed E-state index contributed by atoms with van der Waals surface area (Å²) in [7, 11) is 0. The molecule has 0 aliphatic rings. The van der Waals surface area contributed by atoms with Crippen molar-refractivity contribution in [1.82, 2.24) is 4.98 Å². The molecule has 70 valence electrons. The second kappa shape index (κ2) is 3.58. The molecule has 2 rings (SSSR count). The molecule has 0 saturated heterocycles. The van der Waals surface area contributed by atoms with Crippen LogP contribution in [-0.2, 0) is 0 Å². The maximum Gasteiger partial charge on any atom is 0.128 e. The lowest BCUT2D eigenvalue weighted by molar-refractivity contribution is 0.759. The van der Waals surface area contributed by atoms with Gasteiger partial charge in [-0.15, -0.1) is 0 Å². The van der Waals surface area contributed by atoms with E-state index >= 15 is 0 Å². The van der Waals surface area contributed by atoms with Gasteiger partial charge in [0.1, 0.15) is 5.83 Å². The maximum atomic E-state index is 13.4. The lowest BCUT2D eigenvalue weighted by Gasteiger charge is -2.02. The molecule has 0 aliphatic heterocycles. The highest BCUT2D eigenvalue weighted by Gasteiger charge is 2.04. The van der Waals surface area contributed by atoms with Gasteiger partial charge in [-0.3, -0.25) is 4.98 Å². The first-order valence-corrected chi connectivity index (χ1v) is 4.48. The first-order valence-electron chi connectivity index (χ1n) is 4.48. The van der Waals surface area contributed by atoms with E-state index < -0.39 is 0 Å². The number of pyridine rings is 1. The van der Waals surface area contributed by atoms with E-state index in [4.69, 9.17) is 0 Å². The highest BCUT2D eigenvalue weighted by molar-refractivity contribution is 5.91. The van der Waals surface area contributed by atoms with E-state index in [0.29, 0.717) is 5.56 Å². The molecule has 1 aromatic heterocycles. The Balaban J connectivity index is 2.77. The Hall–Kier alpha value is -1.70. The van der Waals surface area contributed by atoms with Crippen LogP contribution in [0, 0.1) is 0 Å². The van der Waals surface area contributed by atoms with Gasteiger partial charge in [0.25, 0.3) is 0 Å². The third kappa shape index (κ3) is 1.39. The van der Waals surface area contributed by atoms with Gasteiger partial charge in [0, 0.05) is 23.3 Å². The van der Waals surface area contributed by atoms with Crippen molar-refractivity contribution in [3.63, 3.8) is 0 Å². The topological polar surface area (TPSA) is 12.9 Å². The van der Waals surface area contributed by atoms with Crippen molar-refractivity contribution >= 4 is 16.6 Å². The Bertz CT molecular complexity index is 483. The van der Waals surface area contributed by atoms with Gasteiger partial charge in [-0.05, 0) is 12.3 Å². The molecule has 0 aliphatic carbocycles. The molecule has 0 radical (unpaired) electrons. The van der Waals surface area contributed by atoms with Gasteiger partial charge in [0.05, 0.1) is 0 Å². The fraction of sp³-hybridized carbons (Fsp3) is 0.0833. The van der Waals surface area contributed by atoms with Crippen molar-refractivity contribution in [3.05, 3.63) is 48.3 Å². The van der Waals surface area contributed by atoms with Crippen LogP contribution >= 0.6 is 0 Å². The summed E-state index contributed by atoms with van der Waals surface area (Å²) < 4.78 is 13.4. The summed E-state index contributed by atoms with van der Waals surface area (Å²) in [6, 6.07) is 7.64. The van der Waals surface area contributed by atoms with Crippen LogP contribution in [0.5, 0.6) is 0 Å². The molecule has 0 N–H and O–H groups in total. The second-order valence-electron chi connectivity index (χ2n) is 3.04. The van der Waals surface area contributed by atoms with Crippen LogP contribution < -0.4 is 0 Å². The molecule has 0 fully saturated rings. The average Bonchev–Trinajstić information content (AvgIpc) is 2.27. The standard InChI is InChI=1S/C12H10FN/c1-2-12(13)11-8-14-7-9-5-3-4-6-10(9)11/h2-8H,1H3/b12-2+. The number of hydrogen-bond donors (Lipinski definition) is 0. The van der Waals surface area contributed by atoms with Crippen LogP contribution in [0.15, 0.2) is 42.7 Å². The van der Waals surface area contributed by atoms with Gasteiger partial charge >= 0.3 is 0 Å². The van der Waals surface area contributed by atoms with E-state index in [2.05, 4.69) is 4.98 Å².